The highest BCUT2D eigenvalue weighted by Crippen LogP contribution is 2.32. The average Bonchev–Trinajstić information content (AvgIpc) is 2.97. The second kappa shape index (κ2) is 10.8. The van der Waals surface area contributed by atoms with E-state index in [9.17, 15) is 4.79 Å². The van der Waals surface area contributed by atoms with Crippen molar-refractivity contribution in [3.8, 4) is 5.75 Å². The van der Waals surface area contributed by atoms with Crippen LogP contribution >= 0.6 is 0 Å². The number of hydrogen-bond donors (Lipinski definition) is 1. The first-order valence-corrected chi connectivity index (χ1v) is 11.1. The third kappa shape index (κ3) is 5.95. The van der Waals surface area contributed by atoms with E-state index in [0.29, 0.717) is 13.2 Å². The van der Waals surface area contributed by atoms with Crippen LogP contribution in [0.4, 0.5) is 5.69 Å². The van der Waals surface area contributed by atoms with Gasteiger partial charge in [-0.3, -0.25) is 9.69 Å². The van der Waals surface area contributed by atoms with Crippen LogP contribution in [0.25, 0.3) is 0 Å². The Morgan fingerprint density at radius 1 is 1.00 bits per heavy atom. The number of carbonyl (C=O) groups excluding carboxylic acids is 1. The van der Waals surface area contributed by atoms with Gasteiger partial charge in [0.25, 0.3) is 5.91 Å². The lowest BCUT2D eigenvalue weighted by Crippen LogP contribution is -2.45. The van der Waals surface area contributed by atoms with Gasteiger partial charge in [0.1, 0.15) is 18.0 Å². The molecule has 0 bridgehead atoms. The van der Waals surface area contributed by atoms with E-state index in [2.05, 4.69) is 10.2 Å². The normalized spacial score (nSPS) is 20.3. The summed E-state index contributed by atoms with van der Waals surface area (Å²) in [4.78, 5) is 15.5. The number of anilines is 1. The molecular weight excluding hydrogens is 352 g/mol. The lowest BCUT2D eigenvalue weighted by Gasteiger charge is -2.31. The summed E-state index contributed by atoms with van der Waals surface area (Å²) in [5, 5.41) is 3.07. The zero-order valence-corrected chi connectivity index (χ0v) is 17.4. The molecule has 2 fully saturated rings. The Labute approximate surface area is 169 Å². The first kappa shape index (κ1) is 21.1. The molecule has 0 atom stereocenters. The van der Waals surface area contributed by atoms with E-state index in [1.165, 1.54) is 45.2 Å². The molecule has 0 unspecified atom stereocenters. The summed E-state index contributed by atoms with van der Waals surface area (Å²) in [6.45, 7) is 6.60. The molecule has 1 saturated carbocycles. The van der Waals surface area contributed by atoms with Crippen LogP contribution in [0.15, 0.2) is 24.3 Å². The Bertz CT molecular complexity index is 588. The first-order valence-electron chi connectivity index (χ1n) is 11.1. The van der Waals surface area contributed by atoms with Crippen molar-refractivity contribution in [2.24, 2.45) is 0 Å². The number of benzene rings is 1. The number of carbonyl (C=O) groups is 1. The minimum Gasteiger partial charge on any atom is -0.492 e. The summed E-state index contributed by atoms with van der Waals surface area (Å²) >= 11 is 0. The molecule has 1 aromatic carbocycles. The molecule has 0 spiro atoms. The smallest absolute Gasteiger partial charge is 0.256 e. The second-order valence-electron chi connectivity index (χ2n) is 8.07. The van der Waals surface area contributed by atoms with Gasteiger partial charge in [-0.05, 0) is 70.0 Å². The van der Waals surface area contributed by atoms with Gasteiger partial charge in [0.05, 0.1) is 0 Å². The predicted octanol–water partition coefficient (Wildman–Crippen LogP) is 4.62. The molecule has 5 heteroatoms. The summed E-state index contributed by atoms with van der Waals surface area (Å²) in [7, 11) is 0. The Balaban J connectivity index is 1.50. The van der Waals surface area contributed by atoms with Crippen LogP contribution in [0.3, 0.4) is 0 Å². The molecule has 1 heterocycles. The van der Waals surface area contributed by atoms with Gasteiger partial charge in [0.15, 0.2) is 0 Å². The maximum absolute atomic E-state index is 13.0. The quantitative estimate of drug-likeness (QED) is 0.660. The van der Waals surface area contributed by atoms with E-state index in [0.717, 1.165) is 43.7 Å². The van der Waals surface area contributed by atoms with Crippen molar-refractivity contribution in [3.63, 3.8) is 0 Å². The average molecular weight is 389 g/mol. The van der Waals surface area contributed by atoms with Crippen molar-refractivity contribution < 1.29 is 14.3 Å². The topological polar surface area (TPSA) is 50.8 Å². The van der Waals surface area contributed by atoms with Crippen molar-refractivity contribution in [1.82, 2.24) is 4.90 Å². The fraction of sp³-hybridized carbons (Fsp3) is 0.696. The summed E-state index contributed by atoms with van der Waals surface area (Å²) < 4.78 is 11.9. The zero-order valence-electron chi connectivity index (χ0n) is 17.4. The molecule has 1 aliphatic heterocycles. The third-order valence-electron chi connectivity index (χ3n) is 5.98. The number of hydrogen-bond acceptors (Lipinski definition) is 4. The van der Waals surface area contributed by atoms with Crippen LogP contribution in [0.1, 0.15) is 64.7 Å². The molecule has 1 saturated heterocycles. The lowest BCUT2D eigenvalue weighted by atomic mass is 9.93. The summed E-state index contributed by atoms with van der Waals surface area (Å²) in [6, 6.07) is 7.72. The number of ether oxygens (including phenoxy) is 2. The highest BCUT2D eigenvalue weighted by molar-refractivity contribution is 5.97. The predicted molar refractivity (Wildman–Crippen MR) is 113 cm³/mol. The summed E-state index contributed by atoms with van der Waals surface area (Å²) in [6.07, 6.45) is 10.1. The molecule has 1 aliphatic carbocycles. The Hall–Kier alpha value is -1.59. The molecule has 0 radical (unpaired) electrons. The van der Waals surface area contributed by atoms with Crippen LogP contribution < -0.4 is 10.1 Å². The van der Waals surface area contributed by atoms with Gasteiger partial charge in [-0.15, -0.1) is 0 Å². The fourth-order valence-corrected chi connectivity index (χ4v) is 4.37. The van der Waals surface area contributed by atoms with Crippen molar-refractivity contribution in [1.29, 1.82) is 0 Å². The van der Waals surface area contributed by atoms with E-state index in [4.69, 9.17) is 9.47 Å². The SMILES string of the molecule is CCOC1(C(=O)Nc2ccc(OCCN3CCCCC3)cc2)CCCCCC1. The van der Waals surface area contributed by atoms with Gasteiger partial charge in [-0.2, -0.15) is 0 Å². The molecule has 156 valence electrons. The number of piperidine rings is 1. The van der Waals surface area contributed by atoms with E-state index < -0.39 is 5.60 Å². The second-order valence-corrected chi connectivity index (χ2v) is 8.07. The summed E-state index contributed by atoms with van der Waals surface area (Å²) in [5.74, 6) is 0.846. The third-order valence-corrected chi connectivity index (χ3v) is 5.98. The molecule has 1 amide bonds. The van der Waals surface area contributed by atoms with Crippen LogP contribution in [-0.2, 0) is 9.53 Å². The van der Waals surface area contributed by atoms with Crippen LogP contribution in [0.2, 0.25) is 0 Å². The molecule has 28 heavy (non-hydrogen) atoms. The number of likely N-dealkylation sites (tertiary alicyclic amines) is 1. The molecule has 0 aromatic heterocycles. The Kier molecular flexibility index (Phi) is 8.16. The highest BCUT2D eigenvalue weighted by atomic mass is 16.5. The maximum atomic E-state index is 13.0. The minimum absolute atomic E-state index is 0.00461. The minimum atomic E-state index is -0.672. The van der Waals surface area contributed by atoms with E-state index in [1.54, 1.807) is 0 Å². The lowest BCUT2D eigenvalue weighted by molar-refractivity contribution is -0.143. The van der Waals surface area contributed by atoms with E-state index in [-0.39, 0.29) is 5.91 Å². The van der Waals surface area contributed by atoms with Crippen LogP contribution in [-0.4, -0.2) is 49.3 Å². The van der Waals surface area contributed by atoms with Crippen molar-refractivity contribution in [3.05, 3.63) is 24.3 Å². The standard InChI is InChI=1S/C23H36N2O3/c1-2-28-23(14-6-3-4-7-15-23)22(26)24-20-10-12-21(13-11-20)27-19-18-25-16-8-5-9-17-25/h10-13H,2-9,14-19H2,1H3,(H,24,26). The maximum Gasteiger partial charge on any atom is 0.256 e. The molecule has 2 aliphatic rings. The number of nitrogens with zero attached hydrogens (tertiary/aromatic N) is 1. The number of nitrogens with one attached hydrogen (secondary N) is 1. The zero-order chi connectivity index (χ0) is 19.7. The van der Waals surface area contributed by atoms with Gasteiger partial charge in [0.2, 0.25) is 0 Å². The number of amides is 1. The van der Waals surface area contributed by atoms with E-state index in [1.807, 2.05) is 31.2 Å². The fourth-order valence-electron chi connectivity index (χ4n) is 4.37. The first-order chi connectivity index (χ1) is 13.7. The monoisotopic (exact) mass is 388 g/mol. The Morgan fingerprint density at radius 2 is 1.64 bits per heavy atom. The van der Waals surface area contributed by atoms with Gasteiger partial charge in [-0.25, -0.2) is 0 Å². The highest BCUT2D eigenvalue weighted by Gasteiger charge is 2.39. The van der Waals surface area contributed by atoms with Crippen LogP contribution in [0, 0.1) is 0 Å². The van der Waals surface area contributed by atoms with Crippen molar-refractivity contribution in [2.75, 3.05) is 38.2 Å². The Morgan fingerprint density at radius 3 is 2.29 bits per heavy atom. The van der Waals surface area contributed by atoms with Crippen molar-refractivity contribution >= 4 is 11.6 Å². The molecule has 3 rings (SSSR count). The van der Waals surface area contributed by atoms with Crippen LogP contribution in [0.5, 0.6) is 5.75 Å². The van der Waals surface area contributed by atoms with Gasteiger partial charge in [-0.1, -0.05) is 32.1 Å². The molecule has 1 N–H and O–H groups in total. The molecule has 1 aromatic rings. The molecule has 5 nitrogen and oxygen atoms in total. The van der Waals surface area contributed by atoms with Gasteiger partial charge < -0.3 is 14.8 Å². The van der Waals surface area contributed by atoms with Gasteiger partial charge in [0, 0.05) is 18.8 Å². The van der Waals surface area contributed by atoms with Crippen molar-refractivity contribution in [2.45, 2.75) is 70.3 Å². The molecular formula is C23H36N2O3. The van der Waals surface area contributed by atoms with E-state index >= 15 is 0 Å². The summed E-state index contributed by atoms with van der Waals surface area (Å²) in [5.41, 5.74) is 0.131. The number of rotatable bonds is 8. The largest absolute Gasteiger partial charge is 0.492 e. The van der Waals surface area contributed by atoms with Gasteiger partial charge >= 0.3 is 0 Å².